The first kappa shape index (κ1) is 11.1. The lowest BCUT2D eigenvalue weighted by Gasteiger charge is -1.99. The van der Waals surface area contributed by atoms with Gasteiger partial charge in [-0.25, -0.2) is 0 Å². The highest BCUT2D eigenvalue weighted by Crippen LogP contribution is 2.48. The molecule has 0 saturated heterocycles. The van der Waals surface area contributed by atoms with Gasteiger partial charge in [-0.3, -0.25) is 4.79 Å². The minimum Gasteiger partial charge on any atom is -0.299 e. The second kappa shape index (κ2) is 5.11. The minimum atomic E-state index is 0.298. The van der Waals surface area contributed by atoms with Gasteiger partial charge in [0.15, 0.2) is 0 Å². The van der Waals surface area contributed by atoms with Gasteiger partial charge in [-0.2, -0.15) is 0 Å². The summed E-state index contributed by atoms with van der Waals surface area (Å²) in [5.41, 5.74) is 1.32. The molecule has 0 aromatic heterocycles. The predicted octanol–water partition coefficient (Wildman–Crippen LogP) is 3.72. The van der Waals surface area contributed by atoms with Crippen molar-refractivity contribution < 1.29 is 4.79 Å². The highest BCUT2D eigenvalue weighted by Gasteiger charge is 2.42. The van der Waals surface area contributed by atoms with Crippen LogP contribution in [-0.4, -0.2) is 5.78 Å². The summed E-state index contributed by atoms with van der Waals surface area (Å²) in [5.74, 6) is 1.24. The van der Waals surface area contributed by atoms with Crippen molar-refractivity contribution in [3.63, 3.8) is 0 Å². The molecule has 1 fully saturated rings. The van der Waals surface area contributed by atoms with Crippen LogP contribution in [0.4, 0.5) is 0 Å². The van der Waals surface area contributed by atoms with Gasteiger partial charge in [-0.05, 0) is 30.7 Å². The van der Waals surface area contributed by atoms with Crippen LogP contribution in [-0.2, 0) is 4.79 Å². The van der Waals surface area contributed by atoms with Crippen molar-refractivity contribution in [3.8, 4) is 0 Å². The number of allylic oxidation sites excluding steroid dienone is 1. The molecule has 1 nitrogen and oxygen atoms in total. The Hall–Kier alpha value is -1.37. The zero-order chi connectivity index (χ0) is 11.4. The number of hydrogen-bond donors (Lipinski definition) is 0. The Labute approximate surface area is 97.2 Å². The number of carbonyl (C=O) groups is 1. The van der Waals surface area contributed by atoms with Gasteiger partial charge in [-0.15, -0.1) is 6.58 Å². The van der Waals surface area contributed by atoms with E-state index in [9.17, 15) is 4.79 Å². The molecule has 1 aromatic rings. The second-order valence-corrected chi connectivity index (χ2v) is 4.51. The lowest BCUT2D eigenvalue weighted by atomic mass is 10.0. The topological polar surface area (TPSA) is 17.1 Å². The van der Waals surface area contributed by atoms with Crippen LogP contribution in [0.5, 0.6) is 0 Å². The second-order valence-electron chi connectivity index (χ2n) is 4.51. The third-order valence-corrected chi connectivity index (χ3v) is 3.26. The average molecular weight is 214 g/mol. The minimum absolute atomic E-state index is 0.298. The van der Waals surface area contributed by atoms with E-state index in [0.717, 1.165) is 25.7 Å². The lowest BCUT2D eigenvalue weighted by Crippen LogP contribution is -2.01. The summed E-state index contributed by atoms with van der Waals surface area (Å²) in [7, 11) is 0. The lowest BCUT2D eigenvalue weighted by molar-refractivity contribution is -0.120. The molecule has 0 aliphatic heterocycles. The van der Waals surface area contributed by atoms with Gasteiger partial charge in [0, 0.05) is 12.3 Å². The maximum absolute atomic E-state index is 11.8. The van der Waals surface area contributed by atoms with Gasteiger partial charge in [0.2, 0.25) is 0 Å². The monoisotopic (exact) mass is 214 g/mol. The van der Waals surface area contributed by atoms with Crippen LogP contribution < -0.4 is 0 Å². The van der Waals surface area contributed by atoms with E-state index < -0.39 is 0 Å². The first-order valence-corrected chi connectivity index (χ1v) is 6.01. The highest BCUT2D eigenvalue weighted by atomic mass is 16.1. The first-order chi connectivity index (χ1) is 7.83. The van der Waals surface area contributed by atoms with Crippen LogP contribution in [0.15, 0.2) is 43.0 Å². The van der Waals surface area contributed by atoms with E-state index in [1.54, 1.807) is 0 Å². The number of hydrogen-bond acceptors (Lipinski definition) is 1. The Bertz CT molecular complexity index is 366. The van der Waals surface area contributed by atoms with Crippen LogP contribution in [0.2, 0.25) is 0 Å². The summed E-state index contributed by atoms with van der Waals surface area (Å²) in [6, 6.07) is 10.4. The van der Waals surface area contributed by atoms with Gasteiger partial charge < -0.3 is 0 Å². The predicted molar refractivity (Wildman–Crippen MR) is 66.3 cm³/mol. The quantitative estimate of drug-likeness (QED) is 0.521. The molecule has 0 spiro atoms. The number of benzene rings is 1. The normalized spacial score (nSPS) is 22.8. The van der Waals surface area contributed by atoms with Crippen LogP contribution in [0.3, 0.4) is 0 Å². The average Bonchev–Trinajstić information content (AvgIpc) is 3.10. The molecule has 2 unspecified atom stereocenters. The third-order valence-electron chi connectivity index (χ3n) is 3.26. The smallest absolute Gasteiger partial charge is 0.136 e. The summed E-state index contributed by atoms with van der Waals surface area (Å²) in [4.78, 5) is 11.8. The van der Waals surface area contributed by atoms with Crippen LogP contribution >= 0.6 is 0 Å². The Morgan fingerprint density at radius 3 is 2.81 bits per heavy atom. The number of carbonyl (C=O) groups excluding carboxylic acids is 1. The van der Waals surface area contributed by atoms with Crippen LogP contribution in [0, 0.1) is 5.92 Å². The molecule has 0 N–H and O–H groups in total. The zero-order valence-electron chi connectivity index (χ0n) is 9.56. The van der Waals surface area contributed by atoms with E-state index in [-0.39, 0.29) is 0 Å². The summed E-state index contributed by atoms with van der Waals surface area (Å²) in [5, 5.41) is 0. The fourth-order valence-corrected chi connectivity index (χ4v) is 2.23. The van der Waals surface area contributed by atoms with Gasteiger partial charge in [-0.1, -0.05) is 36.4 Å². The maximum Gasteiger partial charge on any atom is 0.136 e. The maximum atomic E-state index is 11.8. The Balaban J connectivity index is 1.82. The van der Waals surface area contributed by atoms with Crippen molar-refractivity contribution in [2.45, 2.75) is 31.6 Å². The summed E-state index contributed by atoms with van der Waals surface area (Å²) in [6.45, 7) is 3.67. The van der Waals surface area contributed by atoms with Gasteiger partial charge in [0.05, 0.1) is 0 Å². The van der Waals surface area contributed by atoms with E-state index in [2.05, 4.69) is 18.7 Å². The molecule has 0 bridgehead atoms. The number of ketones is 1. The van der Waals surface area contributed by atoms with E-state index in [1.165, 1.54) is 5.56 Å². The molecule has 2 atom stereocenters. The van der Waals surface area contributed by atoms with Crippen LogP contribution in [0.1, 0.15) is 37.2 Å². The molecule has 2 rings (SSSR count). The molecule has 0 radical (unpaired) electrons. The van der Waals surface area contributed by atoms with Crippen molar-refractivity contribution in [1.29, 1.82) is 0 Å². The van der Waals surface area contributed by atoms with E-state index in [0.29, 0.717) is 17.6 Å². The van der Waals surface area contributed by atoms with E-state index >= 15 is 0 Å². The highest BCUT2D eigenvalue weighted by molar-refractivity contribution is 5.84. The molecular formula is C15H18O. The van der Waals surface area contributed by atoms with Crippen LogP contribution in [0.25, 0.3) is 0 Å². The van der Waals surface area contributed by atoms with Gasteiger partial charge in [0.25, 0.3) is 0 Å². The van der Waals surface area contributed by atoms with Crippen molar-refractivity contribution in [2.24, 2.45) is 5.92 Å². The third kappa shape index (κ3) is 2.60. The molecule has 1 aromatic carbocycles. The summed E-state index contributed by atoms with van der Waals surface area (Å²) >= 11 is 0. The van der Waals surface area contributed by atoms with Crippen molar-refractivity contribution >= 4 is 5.78 Å². The number of rotatable bonds is 6. The fourth-order valence-electron chi connectivity index (χ4n) is 2.23. The van der Waals surface area contributed by atoms with E-state index in [1.807, 2.05) is 24.3 Å². The SMILES string of the molecule is C=CCCCC(=O)C1CC1c1ccccc1. The first-order valence-electron chi connectivity index (χ1n) is 6.01. The zero-order valence-corrected chi connectivity index (χ0v) is 9.56. The largest absolute Gasteiger partial charge is 0.299 e. The Morgan fingerprint density at radius 2 is 2.12 bits per heavy atom. The molecule has 1 aliphatic rings. The van der Waals surface area contributed by atoms with Crippen molar-refractivity contribution in [1.82, 2.24) is 0 Å². The molecule has 1 heteroatoms. The number of Topliss-reactive ketones (excluding diaryl/α,β-unsaturated/α-hetero) is 1. The molecule has 16 heavy (non-hydrogen) atoms. The summed E-state index contributed by atoms with van der Waals surface area (Å²) < 4.78 is 0. The molecule has 1 aliphatic carbocycles. The van der Waals surface area contributed by atoms with Gasteiger partial charge >= 0.3 is 0 Å². The van der Waals surface area contributed by atoms with Gasteiger partial charge in [0.1, 0.15) is 5.78 Å². The van der Waals surface area contributed by atoms with Crippen molar-refractivity contribution in [2.75, 3.05) is 0 Å². The molecule has 0 amide bonds. The number of unbranched alkanes of at least 4 members (excludes halogenated alkanes) is 1. The molecular weight excluding hydrogens is 196 g/mol. The Kier molecular flexibility index (Phi) is 3.55. The molecule has 0 heterocycles. The van der Waals surface area contributed by atoms with Crippen molar-refractivity contribution in [3.05, 3.63) is 48.6 Å². The molecule has 1 saturated carbocycles. The van der Waals surface area contributed by atoms with E-state index in [4.69, 9.17) is 0 Å². The molecule has 84 valence electrons. The standard InChI is InChI=1S/C15H18O/c1-2-3-5-10-15(16)14-11-13(14)12-8-6-4-7-9-12/h2,4,6-9,13-14H,1,3,5,10-11H2. The Morgan fingerprint density at radius 1 is 1.38 bits per heavy atom. The summed E-state index contributed by atoms with van der Waals surface area (Å²) in [6.07, 6.45) is 5.57. The fraction of sp³-hybridized carbons (Fsp3) is 0.400.